The van der Waals surface area contributed by atoms with Crippen LogP contribution in [-0.4, -0.2) is 31.6 Å². The van der Waals surface area contributed by atoms with E-state index >= 15 is 0 Å². The zero-order chi connectivity index (χ0) is 24.7. The van der Waals surface area contributed by atoms with Gasteiger partial charge < -0.3 is 18.8 Å². The minimum absolute atomic E-state index is 0.0265. The number of hydrogen-bond acceptors (Lipinski definition) is 5. The standard InChI is InChI=1S/C27H21ClFNO5/c1-33-21-9-3-15(13-22(21)34-2)11-12-30-24(16-4-6-17(28)7-5-16)23-25(31)19-14-18(29)8-10-20(19)35-26(23)27(30)32/h3-10,13-14,24H,11-12H2,1-2H3/t24-/m0/s1. The van der Waals surface area contributed by atoms with Crippen molar-refractivity contribution >= 4 is 28.5 Å². The van der Waals surface area contributed by atoms with Gasteiger partial charge in [-0.15, -0.1) is 0 Å². The van der Waals surface area contributed by atoms with Crippen molar-refractivity contribution in [2.45, 2.75) is 12.5 Å². The molecule has 0 fully saturated rings. The molecule has 0 bridgehead atoms. The number of hydrogen-bond donors (Lipinski definition) is 0. The third-order valence-corrected chi connectivity index (χ3v) is 6.45. The van der Waals surface area contributed by atoms with Gasteiger partial charge >= 0.3 is 0 Å². The van der Waals surface area contributed by atoms with Gasteiger partial charge in [0.05, 0.1) is 31.2 Å². The Hall–Kier alpha value is -3.84. The number of amides is 1. The maximum atomic E-state index is 13.9. The second-order valence-electron chi connectivity index (χ2n) is 8.21. The molecule has 8 heteroatoms. The number of carbonyl (C=O) groups excluding carboxylic acids is 1. The average molecular weight is 494 g/mol. The highest BCUT2D eigenvalue weighted by molar-refractivity contribution is 6.30. The molecule has 1 amide bonds. The van der Waals surface area contributed by atoms with Crippen LogP contribution < -0.4 is 14.9 Å². The molecule has 0 saturated carbocycles. The second-order valence-corrected chi connectivity index (χ2v) is 8.64. The highest BCUT2D eigenvalue weighted by Crippen LogP contribution is 2.39. The number of halogens is 2. The molecule has 0 unspecified atom stereocenters. The van der Waals surface area contributed by atoms with Crippen LogP contribution in [0.15, 0.2) is 69.9 Å². The van der Waals surface area contributed by atoms with E-state index in [4.69, 9.17) is 25.5 Å². The highest BCUT2D eigenvalue weighted by atomic mass is 35.5. The molecule has 4 aromatic rings. The smallest absolute Gasteiger partial charge is 0.290 e. The molecule has 0 saturated heterocycles. The summed E-state index contributed by atoms with van der Waals surface area (Å²) >= 11 is 6.08. The molecule has 3 aromatic carbocycles. The summed E-state index contributed by atoms with van der Waals surface area (Å²) in [5, 5.41) is 0.625. The van der Waals surface area contributed by atoms with Gasteiger partial charge in [-0.05, 0) is 60.0 Å². The van der Waals surface area contributed by atoms with Gasteiger partial charge in [0.15, 0.2) is 16.9 Å². The minimum atomic E-state index is -0.696. The van der Waals surface area contributed by atoms with Crippen molar-refractivity contribution in [2.24, 2.45) is 0 Å². The van der Waals surface area contributed by atoms with Crippen molar-refractivity contribution in [3.63, 3.8) is 0 Å². The maximum absolute atomic E-state index is 13.9. The van der Waals surface area contributed by atoms with Gasteiger partial charge in [-0.3, -0.25) is 9.59 Å². The lowest BCUT2D eigenvalue weighted by molar-refractivity contribution is 0.0730. The van der Waals surface area contributed by atoms with E-state index in [0.717, 1.165) is 11.6 Å². The Morgan fingerprint density at radius 1 is 0.971 bits per heavy atom. The third kappa shape index (κ3) is 4.02. The Morgan fingerprint density at radius 3 is 2.43 bits per heavy atom. The summed E-state index contributed by atoms with van der Waals surface area (Å²) in [6.07, 6.45) is 0.493. The second kappa shape index (κ2) is 9.07. The molecule has 0 N–H and O–H groups in total. The Labute approximate surface area is 205 Å². The number of ether oxygens (including phenoxy) is 2. The quantitative estimate of drug-likeness (QED) is 0.360. The van der Waals surface area contributed by atoms with E-state index in [2.05, 4.69) is 0 Å². The fourth-order valence-corrected chi connectivity index (χ4v) is 4.63. The van der Waals surface area contributed by atoms with Crippen LogP contribution in [0.4, 0.5) is 4.39 Å². The van der Waals surface area contributed by atoms with Crippen LogP contribution in [-0.2, 0) is 6.42 Å². The topological polar surface area (TPSA) is 69.0 Å². The summed E-state index contributed by atoms with van der Waals surface area (Å²) in [7, 11) is 3.12. The number of carbonyl (C=O) groups is 1. The molecule has 1 atom stereocenters. The number of fused-ring (bicyclic) bond motifs is 2. The maximum Gasteiger partial charge on any atom is 0.290 e. The Bertz CT molecular complexity index is 1500. The molecule has 1 aromatic heterocycles. The molecule has 35 heavy (non-hydrogen) atoms. The molecule has 6 nitrogen and oxygen atoms in total. The van der Waals surface area contributed by atoms with Crippen molar-refractivity contribution in [3.8, 4) is 11.5 Å². The molecular formula is C27H21ClFNO5. The lowest BCUT2D eigenvalue weighted by atomic mass is 9.98. The number of methoxy groups -OCH3 is 2. The van der Waals surface area contributed by atoms with E-state index in [9.17, 15) is 14.0 Å². The van der Waals surface area contributed by atoms with E-state index < -0.39 is 23.2 Å². The van der Waals surface area contributed by atoms with Crippen molar-refractivity contribution in [1.29, 1.82) is 0 Å². The third-order valence-electron chi connectivity index (χ3n) is 6.20. The molecular weight excluding hydrogens is 473 g/mol. The van der Waals surface area contributed by atoms with Gasteiger partial charge in [-0.2, -0.15) is 0 Å². The molecule has 0 aliphatic carbocycles. The van der Waals surface area contributed by atoms with Crippen molar-refractivity contribution in [3.05, 3.63) is 104 Å². The molecule has 178 valence electrons. The molecule has 1 aliphatic rings. The van der Waals surface area contributed by atoms with Gasteiger partial charge in [-0.1, -0.05) is 29.8 Å². The molecule has 5 rings (SSSR count). The van der Waals surface area contributed by atoms with Crippen LogP contribution in [0.2, 0.25) is 5.02 Å². The summed E-state index contributed by atoms with van der Waals surface area (Å²) in [4.78, 5) is 28.6. The van der Waals surface area contributed by atoms with E-state index in [-0.39, 0.29) is 22.3 Å². The lowest BCUT2D eigenvalue weighted by Crippen LogP contribution is -2.31. The monoisotopic (exact) mass is 493 g/mol. The first kappa shape index (κ1) is 22.9. The molecule has 0 spiro atoms. The van der Waals surface area contributed by atoms with Crippen LogP contribution in [0.3, 0.4) is 0 Å². The predicted molar refractivity (Wildman–Crippen MR) is 130 cm³/mol. The van der Waals surface area contributed by atoms with E-state index in [1.807, 2.05) is 12.1 Å². The molecule has 1 aliphatic heterocycles. The summed E-state index contributed by atoms with van der Waals surface area (Å²) in [6.45, 7) is 0.302. The number of nitrogens with zero attached hydrogens (tertiary/aromatic N) is 1. The van der Waals surface area contributed by atoms with Crippen LogP contribution >= 0.6 is 11.6 Å². The summed E-state index contributed by atoms with van der Waals surface area (Å²) < 4.78 is 30.5. The number of rotatable bonds is 6. The molecule has 2 heterocycles. The van der Waals surface area contributed by atoms with Gasteiger partial charge in [-0.25, -0.2) is 4.39 Å². The van der Waals surface area contributed by atoms with Gasteiger partial charge in [0.2, 0.25) is 5.76 Å². The first-order chi connectivity index (χ1) is 16.9. The normalized spacial score (nSPS) is 14.9. The first-order valence-corrected chi connectivity index (χ1v) is 11.3. The van der Waals surface area contributed by atoms with Crippen LogP contribution in [0.1, 0.15) is 33.3 Å². The fraction of sp³-hybridized carbons (Fsp3) is 0.185. The first-order valence-electron chi connectivity index (χ1n) is 10.9. The van der Waals surface area contributed by atoms with E-state index in [1.165, 1.54) is 12.1 Å². The van der Waals surface area contributed by atoms with Crippen LogP contribution in [0, 0.1) is 5.82 Å². The van der Waals surface area contributed by atoms with Crippen molar-refractivity contribution < 1.29 is 23.1 Å². The Kier molecular flexibility index (Phi) is 5.94. The largest absolute Gasteiger partial charge is 0.493 e. The van der Waals surface area contributed by atoms with Crippen molar-refractivity contribution in [2.75, 3.05) is 20.8 Å². The Morgan fingerprint density at radius 2 is 1.71 bits per heavy atom. The van der Waals surface area contributed by atoms with Crippen LogP contribution in [0.25, 0.3) is 11.0 Å². The summed E-state index contributed by atoms with van der Waals surface area (Å²) in [6, 6.07) is 15.5. The van der Waals surface area contributed by atoms with E-state index in [0.29, 0.717) is 35.1 Å². The fourth-order valence-electron chi connectivity index (χ4n) is 4.50. The molecule has 0 radical (unpaired) electrons. The van der Waals surface area contributed by atoms with E-state index in [1.54, 1.807) is 49.5 Å². The summed E-state index contributed by atoms with van der Waals surface area (Å²) in [5.74, 6) is 0.210. The van der Waals surface area contributed by atoms with Gasteiger partial charge in [0, 0.05) is 11.6 Å². The van der Waals surface area contributed by atoms with Gasteiger partial charge in [0.25, 0.3) is 5.91 Å². The minimum Gasteiger partial charge on any atom is -0.493 e. The van der Waals surface area contributed by atoms with Crippen LogP contribution in [0.5, 0.6) is 11.5 Å². The average Bonchev–Trinajstić information content (AvgIpc) is 3.15. The van der Waals surface area contributed by atoms with Gasteiger partial charge in [0.1, 0.15) is 11.4 Å². The zero-order valence-electron chi connectivity index (χ0n) is 19.0. The lowest BCUT2D eigenvalue weighted by Gasteiger charge is -2.25. The Balaban J connectivity index is 1.58. The SMILES string of the molecule is COc1ccc(CCN2C(=O)c3oc4ccc(F)cc4c(=O)c3[C@@H]2c2ccc(Cl)cc2)cc1OC. The number of benzene rings is 3. The zero-order valence-corrected chi connectivity index (χ0v) is 19.8. The highest BCUT2D eigenvalue weighted by Gasteiger charge is 2.42. The predicted octanol–water partition coefficient (Wildman–Crippen LogP) is 5.39. The van der Waals surface area contributed by atoms with Crippen molar-refractivity contribution in [1.82, 2.24) is 4.90 Å². The summed E-state index contributed by atoms with van der Waals surface area (Å²) in [5.41, 5.74) is 1.56.